The zero-order valence-electron chi connectivity index (χ0n) is 16.6. The number of rotatable bonds is 8. The van der Waals surface area contributed by atoms with E-state index in [0.717, 1.165) is 16.3 Å². The number of nitrogens with one attached hydrogen (secondary N) is 1. The third-order valence-electron chi connectivity index (χ3n) is 4.34. The highest BCUT2D eigenvalue weighted by Crippen LogP contribution is 2.32. The number of nitrogens with zero attached hydrogens (tertiary/aromatic N) is 3. The lowest BCUT2D eigenvalue weighted by Crippen LogP contribution is -2.03. The van der Waals surface area contributed by atoms with Crippen LogP contribution in [0.1, 0.15) is 23.9 Å². The fourth-order valence-corrected chi connectivity index (χ4v) is 3.35. The molecule has 1 heterocycles. The summed E-state index contributed by atoms with van der Waals surface area (Å²) in [6.07, 6.45) is 2.82. The Hall–Kier alpha value is -3.62. The molecule has 1 aromatic heterocycles. The summed E-state index contributed by atoms with van der Waals surface area (Å²) in [6, 6.07) is 13.9. The third kappa shape index (κ3) is 5.05. The average Bonchev–Trinajstić information content (AvgIpc) is 3.15. The number of nitriles is 1. The van der Waals surface area contributed by atoms with Crippen LogP contribution < -0.4 is 9.47 Å². The van der Waals surface area contributed by atoms with Crippen LogP contribution in [-0.2, 0) is 23.6 Å². The number of benzene rings is 2. The average molecular weight is 420 g/mol. The zero-order chi connectivity index (χ0) is 21.5. The van der Waals surface area contributed by atoms with Crippen molar-refractivity contribution in [2.45, 2.75) is 24.7 Å². The number of hydrogen-bond acceptors (Lipinski definition) is 5. The highest BCUT2D eigenvalue weighted by Gasteiger charge is 2.15. The zero-order valence-corrected chi connectivity index (χ0v) is 17.5. The lowest BCUT2D eigenvalue weighted by molar-refractivity contribution is 0.318. The van der Waals surface area contributed by atoms with Gasteiger partial charge in [-0.05, 0) is 48.9 Å². The molecule has 1 N–H and O–H groups in total. The maximum Gasteiger partial charge on any atom is 0.192 e. The number of hydrogen-bond donors (Lipinski definition) is 1. The standard InChI is InChI=1S/C22H20N4O3S/c1-4-20-22(29-18-12-15(14-23)11-16(13-18)24-2)21(26-25-20)9-10-28-17-5-7-19(8-6-17)30(3)27/h5-8,11-13H,4,9-10H2,1,3H3,(H,25,26). The molecule has 0 aliphatic heterocycles. The summed E-state index contributed by atoms with van der Waals surface area (Å²) in [7, 11) is -1.02. The van der Waals surface area contributed by atoms with E-state index in [1.807, 2.05) is 13.0 Å². The summed E-state index contributed by atoms with van der Waals surface area (Å²) in [5, 5.41) is 16.5. The molecule has 30 heavy (non-hydrogen) atoms. The van der Waals surface area contributed by atoms with Gasteiger partial charge in [-0.3, -0.25) is 9.31 Å². The number of ether oxygens (including phenoxy) is 2. The van der Waals surface area contributed by atoms with E-state index in [-0.39, 0.29) is 0 Å². The molecule has 152 valence electrons. The minimum Gasteiger partial charge on any atom is -0.493 e. The van der Waals surface area contributed by atoms with Gasteiger partial charge in [0.05, 0.1) is 24.9 Å². The Labute approximate surface area is 177 Å². The van der Waals surface area contributed by atoms with Gasteiger partial charge in [0.1, 0.15) is 17.2 Å². The Bertz CT molecular complexity index is 1110. The minimum atomic E-state index is -1.02. The van der Waals surface area contributed by atoms with Crippen molar-refractivity contribution in [2.24, 2.45) is 0 Å². The summed E-state index contributed by atoms with van der Waals surface area (Å²) >= 11 is 0. The lowest BCUT2D eigenvalue weighted by atomic mass is 10.2. The van der Waals surface area contributed by atoms with Crippen molar-refractivity contribution >= 4 is 16.5 Å². The Morgan fingerprint density at radius 3 is 2.63 bits per heavy atom. The van der Waals surface area contributed by atoms with Crippen molar-refractivity contribution in [1.82, 2.24) is 10.2 Å². The van der Waals surface area contributed by atoms with Crippen LogP contribution in [0.25, 0.3) is 4.85 Å². The van der Waals surface area contributed by atoms with Gasteiger partial charge in [0.25, 0.3) is 0 Å². The smallest absolute Gasteiger partial charge is 0.192 e. The SMILES string of the molecule is [C-]#[N+]c1cc(C#N)cc(Oc2c(CC)n[nH]c2CCOc2ccc(S(C)=O)cc2)c1. The first-order valence-corrected chi connectivity index (χ1v) is 10.8. The lowest BCUT2D eigenvalue weighted by Gasteiger charge is -2.10. The highest BCUT2D eigenvalue weighted by molar-refractivity contribution is 7.84. The van der Waals surface area contributed by atoms with Crippen molar-refractivity contribution in [3.63, 3.8) is 0 Å². The van der Waals surface area contributed by atoms with Crippen LogP contribution in [0, 0.1) is 17.9 Å². The summed E-state index contributed by atoms with van der Waals surface area (Å²) in [5.74, 6) is 1.69. The van der Waals surface area contributed by atoms with E-state index in [1.165, 1.54) is 6.07 Å². The van der Waals surface area contributed by atoms with E-state index in [2.05, 4.69) is 15.0 Å². The second kappa shape index (κ2) is 9.73. The predicted molar refractivity (Wildman–Crippen MR) is 113 cm³/mol. The summed E-state index contributed by atoms with van der Waals surface area (Å²) in [5.41, 5.74) is 2.23. The molecule has 3 aromatic rings. The van der Waals surface area contributed by atoms with Crippen LogP contribution in [0.15, 0.2) is 47.4 Å². The molecule has 0 amide bonds. The molecule has 0 saturated carbocycles. The van der Waals surface area contributed by atoms with Crippen LogP contribution in [-0.4, -0.2) is 27.3 Å². The first-order chi connectivity index (χ1) is 14.5. The molecule has 8 heteroatoms. The number of H-pyrrole nitrogens is 1. The van der Waals surface area contributed by atoms with Crippen LogP contribution in [0.5, 0.6) is 17.2 Å². The Morgan fingerprint density at radius 1 is 1.23 bits per heavy atom. The van der Waals surface area contributed by atoms with Crippen LogP contribution in [0.4, 0.5) is 5.69 Å². The molecule has 3 rings (SSSR count). The van der Waals surface area contributed by atoms with Crippen molar-refractivity contribution < 1.29 is 13.7 Å². The van der Waals surface area contributed by atoms with Gasteiger partial charge in [-0.2, -0.15) is 10.4 Å². The first-order valence-electron chi connectivity index (χ1n) is 9.27. The molecular formula is C22H20N4O3S. The molecule has 0 aliphatic carbocycles. The van der Waals surface area contributed by atoms with Crippen LogP contribution in [0.2, 0.25) is 0 Å². The Morgan fingerprint density at radius 2 is 2.00 bits per heavy atom. The molecule has 1 atom stereocenters. The Kier molecular flexibility index (Phi) is 6.84. The Balaban J connectivity index is 1.73. The summed E-state index contributed by atoms with van der Waals surface area (Å²) < 4.78 is 23.3. The topological polar surface area (TPSA) is 92.4 Å². The summed E-state index contributed by atoms with van der Waals surface area (Å²) in [6.45, 7) is 9.56. The van der Waals surface area contributed by atoms with E-state index in [9.17, 15) is 9.47 Å². The summed E-state index contributed by atoms with van der Waals surface area (Å²) in [4.78, 5) is 4.14. The quantitative estimate of drug-likeness (QED) is 0.540. The van der Waals surface area contributed by atoms with Gasteiger partial charge in [-0.25, -0.2) is 4.85 Å². The van der Waals surface area contributed by atoms with Gasteiger partial charge >= 0.3 is 0 Å². The number of aromatic nitrogens is 2. The predicted octanol–water partition coefficient (Wildman–Crippen LogP) is 4.55. The van der Waals surface area contributed by atoms with E-state index in [1.54, 1.807) is 42.7 Å². The molecule has 2 aromatic carbocycles. The van der Waals surface area contributed by atoms with E-state index in [4.69, 9.17) is 16.0 Å². The maximum absolute atomic E-state index is 11.5. The maximum atomic E-state index is 11.5. The largest absolute Gasteiger partial charge is 0.493 e. The third-order valence-corrected chi connectivity index (χ3v) is 5.28. The van der Waals surface area contributed by atoms with Crippen LogP contribution >= 0.6 is 0 Å². The minimum absolute atomic E-state index is 0.340. The van der Waals surface area contributed by atoms with Gasteiger partial charge in [-0.1, -0.05) is 6.92 Å². The molecule has 7 nitrogen and oxygen atoms in total. The van der Waals surface area contributed by atoms with Gasteiger partial charge in [-0.15, -0.1) is 0 Å². The van der Waals surface area contributed by atoms with Gasteiger partial charge in [0.2, 0.25) is 0 Å². The first kappa shape index (κ1) is 21.1. The van der Waals surface area contributed by atoms with Crippen molar-refractivity contribution in [2.75, 3.05) is 12.9 Å². The molecule has 0 bridgehead atoms. The normalized spacial score (nSPS) is 11.3. The molecule has 0 spiro atoms. The van der Waals surface area contributed by atoms with Crippen molar-refractivity contribution in [3.05, 3.63) is 70.8 Å². The van der Waals surface area contributed by atoms with Crippen molar-refractivity contribution in [1.29, 1.82) is 5.26 Å². The molecule has 0 fully saturated rings. The van der Waals surface area contributed by atoms with E-state index < -0.39 is 10.8 Å². The van der Waals surface area contributed by atoms with Crippen LogP contribution in [0.3, 0.4) is 0 Å². The molecule has 1 unspecified atom stereocenters. The van der Waals surface area contributed by atoms with E-state index in [0.29, 0.717) is 47.9 Å². The van der Waals surface area contributed by atoms with Gasteiger partial charge in [0, 0.05) is 33.9 Å². The van der Waals surface area contributed by atoms with E-state index >= 15 is 0 Å². The molecule has 0 aliphatic rings. The second-order valence-corrected chi connectivity index (χ2v) is 7.78. The number of aryl methyl sites for hydroxylation is 1. The highest BCUT2D eigenvalue weighted by atomic mass is 32.2. The fraction of sp³-hybridized carbons (Fsp3) is 0.227. The molecule has 0 saturated heterocycles. The number of aromatic amines is 1. The van der Waals surface area contributed by atoms with Gasteiger partial charge in [0.15, 0.2) is 11.4 Å². The molecular weight excluding hydrogens is 400 g/mol. The van der Waals surface area contributed by atoms with Crippen molar-refractivity contribution in [3.8, 4) is 23.3 Å². The monoisotopic (exact) mass is 420 g/mol. The molecule has 0 radical (unpaired) electrons. The van der Waals surface area contributed by atoms with Gasteiger partial charge < -0.3 is 9.47 Å². The fourth-order valence-electron chi connectivity index (χ4n) is 2.83. The second-order valence-electron chi connectivity index (χ2n) is 6.40.